The number of carbonyl (C=O) groups excluding carboxylic acids is 1. The molecule has 3 heterocycles. The molecule has 1 N–H and O–H groups in total. The molecule has 1 amide bonds. The number of thiazole rings is 1. The zero-order valence-electron chi connectivity index (χ0n) is 15.9. The van der Waals surface area contributed by atoms with E-state index < -0.39 is 10.0 Å². The summed E-state index contributed by atoms with van der Waals surface area (Å²) in [4.78, 5) is 17.3. The van der Waals surface area contributed by atoms with Gasteiger partial charge in [-0.1, -0.05) is 35.9 Å². The van der Waals surface area contributed by atoms with Crippen molar-refractivity contribution in [3.8, 4) is 11.3 Å². The Kier molecular flexibility index (Phi) is 5.82. The third kappa shape index (κ3) is 4.42. The van der Waals surface area contributed by atoms with Crippen molar-refractivity contribution >= 4 is 43.7 Å². The molecule has 0 aliphatic carbocycles. The van der Waals surface area contributed by atoms with Crippen LogP contribution in [0, 0.1) is 12.8 Å². The Balaban J connectivity index is 1.43. The van der Waals surface area contributed by atoms with Gasteiger partial charge < -0.3 is 5.32 Å². The maximum absolute atomic E-state index is 12.8. The Morgan fingerprint density at radius 3 is 2.72 bits per heavy atom. The van der Waals surface area contributed by atoms with Gasteiger partial charge in [-0.2, -0.15) is 4.31 Å². The molecule has 1 saturated heterocycles. The van der Waals surface area contributed by atoms with Crippen molar-refractivity contribution in [1.82, 2.24) is 9.29 Å². The molecule has 152 valence electrons. The molecule has 0 radical (unpaired) electrons. The van der Waals surface area contributed by atoms with Crippen LogP contribution in [0.1, 0.15) is 18.4 Å². The summed E-state index contributed by atoms with van der Waals surface area (Å²) in [5.74, 6) is -0.564. The van der Waals surface area contributed by atoms with Crippen molar-refractivity contribution in [3.05, 3.63) is 52.7 Å². The van der Waals surface area contributed by atoms with Gasteiger partial charge in [0.25, 0.3) is 10.0 Å². The summed E-state index contributed by atoms with van der Waals surface area (Å²) in [5.41, 5.74) is 2.99. The van der Waals surface area contributed by atoms with Crippen molar-refractivity contribution < 1.29 is 13.2 Å². The van der Waals surface area contributed by atoms with E-state index >= 15 is 0 Å². The number of benzene rings is 1. The third-order valence-electron chi connectivity index (χ3n) is 4.93. The van der Waals surface area contributed by atoms with Gasteiger partial charge in [-0.15, -0.1) is 22.7 Å². The van der Waals surface area contributed by atoms with Gasteiger partial charge >= 0.3 is 0 Å². The number of anilines is 1. The first kappa shape index (κ1) is 20.2. The van der Waals surface area contributed by atoms with Crippen molar-refractivity contribution in [2.24, 2.45) is 5.92 Å². The summed E-state index contributed by atoms with van der Waals surface area (Å²) in [6.07, 6.45) is 1.33. The molecule has 1 atom stereocenters. The first-order valence-electron chi connectivity index (χ1n) is 9.30. The van der Waals surface area contributed by atoms with E-state index in [1.54, 1.807) is 17.5 Å². The molecule has 1 fully saturated rings. The van der Waals surface area contributed by atoms with E-state index in [-0.39, 0.29) is 18.4 Å². The van der Waals surface area contributed by atoms with Crippen LogP contribution in [-0.4, -0.2) is 36.7 Å². The number of carbonyl (C=O) groups is 1. The van der Waals surface area contributed by atoms with E-state index in [4.69, 9.17) is 0 Å². The molecule has 0 spiro atoms. The molecule has 1 aliphatic heterocycles. The number of amides is 1. The lowest BCUT2D eigenvalue weighted by Crippen LogP contribution is -2.43. The number of hydrogen-bond donors (Lipinski definition) is 1. The molecule has 3 aromatic rings. The average molecular weight is 448 g/mol. The highest BCUT2D eigenvalue weighted by atomic mass is 32.2. The van der Waals surface area contributed by atoms with Crippen molar-refractivity contribution in [2.45, 2.75) is 24.0 Å². The summed E-state index contributed by atoms with van der Waals surface area (Å²) >= 11 is 2.57. The van der Waals surface area contributed by atoms with E-state index in [9.17, 15) is 13.2 Å². The Hall–Kier alpha value is -2.07. The predicted octanol–water partition coefficient (Wildman–Crippen LogP) is 4.22. The van der Waals surface area contributed by atoms with E-state index in [0.717, 1.165) is 11.3 Å². The molecular weight excluding hydrogens is 426 g/mol. The number of nitrogens with one attached hydrogen (secondary N) is 1. The van der Waals surface area contributed by atoms with Crippen molar-refractivity contribution in [2.75, 3.05) is 18.4 Å². The lowest BCUT2D eigenvalue weighted by atomic mass is 9.99. The standard InChI is InChI=1S/C20H21N3O3S3/c1-14-6-8-15(9-7-14)17-13-28-20(21-17)22-19(24)16-4-2-10-23(12-16)29(25,26)18-5-3-11-27-18/h3,5-9,11,13,16H,2,4,10,12H2,1H3,(H,21,22,24). The highest BCUT2D eigenvalue weighted by molar-refractivity contribution is 7.91. The van der Waals surface area contributed by atoms with E-state index in [1.165, 1.54) is 32.5 Å². The van der Waals surface area contributed by atoms with E-state index in [0.29, 0.717) is 28.7 Å². The molecule has 29 heavy (non-hydrogen) atoms. The van der Waals surface area contributed by atoms with Crippen LogP contribution in [-0.2, 0) is 14.8 Å². The second kappa shape index (κ2) is 8.35. The first-order chi connectivity index (χ1) is 13.9. The number of piperidine rings is 1. The smallest absolute Gasteiger partial charge is 0.252 e. The van der Waals surface area contributed by atoms with Gasteiger partial charge in [-0.25, -0.2) is 13.4 Å². The number of rotatable bonds is 5. The van der Waals surface area contributed by atoms with Gasteiger partial charge in [-0.3, -0.25) is 4.79 Å². The Labute approximate surface area is 178 Å². The molecule has 4 rings (SSSR count). The molecule has 6 nitrogen and oxygen atoms in total. The van der Waals surface area contributed by atoms with Crippen LogP contribution in [0.3, 0.4) is 0 Å². The Morgan fingerprint density at radius 2 is 2.00 bits per heavy atom. The fraction of sp³-hybridized carbons (Fsp3) is 0.300. The average Bonchev–Trinajstić information content (AvgIpc) is 3.41. The van der Waals surface area contributed by atoms with Gasteiger partial charge in [0, 0.05) is 24.0 Å². The van der Waals surface area contributed by atoms with Crippen LogP contribution in [0.15, 0.2) is 51.4 Å². The molecule has 2 aromatic heterocycles. The Bertz CT molecular complexity index is 1090. The number of hydrogen-bond acceptors (Lipinski definition) is 6. The topological polar surface area (TPSA) is 79.4 Å². The summed E-state index contributed by atoms with van der Waals surface area (Å²) in [6, 6.07) is 11.4. The monoisotopic (exact) mass is 447 g/mol. The third-order valence-corrected chi connectivity index (χ3v) is 8.92. The number of nitrogens with zero attached hydrogens (tertiary/aromatic N) is 2. The molecule has 1 unspecified atom stereocenters. The van der Waals surface area contributed by atoms with Gasteiger partial charge in [0.2, 0.25) is 5.91 Å². The van der Waals surface area contributed by atoms with Crippen LogP contribution >= 0.6 is 22.7 Å². The highest BCUT2D eigenvalue weighted by Gasteiger charge is 2.34. The van der Waals surface area contributed by atoms with Gasteiger partial charge in [0.05, 0.1) is 11.6 Å². The summed E-state index contributed by atoms with van der Waals surface area (Å²) < 4.78 is 27.2. The fourth-order valence-corrected chi connectivity index (χ4v) is 6.70. The lowest BCUT2D eigenvalue weighted by Gasteiger charge is -2.30. The quantitative estimate of drug-likeness (QED) is 0.635. The number of aromatic nitrogens is 1. The van der Waals surface area contributed by atoms with E-state index in [1.807, 2.05) is 36.6 Å². The highest BCUT2D eigenvalue weighted by Crippen LogP contribution is 2.29. The lowest BCUT2D eigenvalue weighted by molar-refractivity contribution is -0.120. The summed E-state index contributed by atoms with van der Waals surface area (Å²) in [7, 11) is -3.53. The largest absolute Gasteiger partial charge is 0.302 e. The van der Waals surface area contributed by atoms with Crippen LogP contribution in [0.25, 0.3) is 11.3 Å². The zero-order valence-corrected chi connectivity index (χ0v) is 18.3. The first-order valence-corrected chi connectivity index (χ1v) is 12.5. The molecule has 1 aromatic carbocycles. The molecule has 9 heteroatoms. The zero-order chi connectivity index (χ0) is 20.4. The number of thiophene rings is 1. The number of aryl methyl sites for hydroxylation is 1. The fourth-order valence-electron chi connectivity index (χ4n) is 3.31. The minimum atomic E-state index is -3.53. The Morgan fingerprint density at radius 1 is 1.21 bits per heavy atom. The minimum absolute atomic E-state index is 0.180. The SMILES string of the molecule is Cc1ccc(-c2csc(NC(=O)C3CCCN(S(=O)(=O)c4cccs4)C3)n2)cc1. The van der Waals surface area contributed by atoms with Crippen molar-refractivity contribution in [3.63, 3.8) is 0 Å². The van der Waals surface area contributed by atoms with Crippen LogP contribution in [0.4, 0.5) is 5.13 Å². The number of sulfonamides is 1. The normalized spacial score (nSPS) is 17.9. The maximum atomic E-state index is 12.8. The predicted molar refractivity (Wildman–Crippen MR) is 117 cm³/mol. The van der Waals surface area contributed by atoms with E-state index in [2.05, 4.69) is 10.3 Å². The van der Waals surface area contributed by atoms with Gasteiger partial charge in [0.1, 0.15) is 4.21 Å². The maximum Gasteiger partial charge on any atom is 0.252 e. The molecular formula is C20H21N3O3S3. The second-order valence-electron chi connectivity index (χ2n) is 7.03. The minimum Gasteiger partial charge on any atom is -0.302 e. The summed E-state index contributed by atoms with van der Waals surface area (Å²) in [5, 5.41) is 7.06. The van der Waals surface area contributed by atoms with Gasteiger partial charge in [0.15, 0.2) is 5.13 Å². The molecule has 0 saturated carbocycles. The van der Waals surface area contributed by atoms with Crippen LogP contribution < -0.4 is 5.32 Å². The van der Waals surface area contributed by atoms with Crippen LogP contribution in [0.5, 0.6) is 0 Å². The molecule has 1 aliphatic rings. The molecule has 0 bridgehead atoms. The summed E-state index contributed by atoms with van der Waals surface area (Å²) in [6.45, 7) is 2.67. The second-order valence-corrected chi connectivity index (χ2v) is 11.0. The van der Waals surface area contributed by atoms with Crippen molar-refractivity contribution in [1.29, 1.82) is 0 Å². The van der Waals surface area contributed by atoms with Crippen LogP contribution in [0.2, 0.25) is 0 Å². The van der Waals surface area contributed by atoms with Gasteiger partial charge in [-0.05, 0) is 31.2 Å².